The maximum absolute atomic E-state index is 10.3. The van der Waals surface area contributed by atoms with E-state index in [-0.39, 0.29) is 0 Å². The summed E-state index contributed by atoms with van der Waals surface area (Å²) >= 11 is 0. The third-order valence-corrected chi connectivity index (χ3v) is 5.96. The van der Waals surface area contributed by atoms with E-state index in [0.717, 1.165) is 38.5 Å². The summed E-state index contributed by atoms with van der Waals surface area (Å²) in [6.45, 7) is 7.29. The number of fused-ring (bicyclic) bond motifs is 3. The van der Waals surface area contributed by atoms with Gasteiger partial charge in [-0.2, -0.15) is 5.26 Å². The molecule has 5 heteroatoms. The van der Waals surface area contributed by atoms with Gasteiger partial charge in [-0.15, -0.1) is 0 Å². The summed E-state index contributed by atoms with van der Waals surface area (Å²) in [6.07, 6.45) is 0. The molecule has 1 heterocycles. The van der Waals surface area contributed by atoms with Crippen LogP contribution in [0.1, 0.15) is 33.3 Å². The number of nitriles is 1. The van der Waals surface area contributed by atoms with E-state index in [1.54, 1.807) is 13.8 Å². The van der Waals surface area contributed by atoms with Gasteiger partial charge in [-0.25, -0.2) is 0 Å². The molecule has 0 aliphatic rings. The molecule has 0 unspecified atom stereocenters. The smallest absolute Gasteiger partial charge is 0.309 e. The lowest BCUT2D eigenvalue weighted by Crippen LogP contribution is -2.49. The van der Waals surface area contributed by atoms with Crippen molar-refractivity contribution >= 4 is 34.9 Å². The molecule has 0 spiro atoms. The molecule has 0 radical (unpaired) electrons. The van der Waals surface area contributed by atoms with Crippen LogP contribution in [0.25, 0.3) is 33.1 Å². The minimum absolute atomic E-state index is 0.398. The quantitative estimate of drug-likeness (QED) is 0.497. The largest absolute Gasteiger partial charge is 0.455 e. The molecule has 0 saturated carbocycles. The average molecular weight is 397 g/mol. The molecule has 0 bridgehead atoms. The van der Waals surface area contributed by atoms with Crippen LogP contribution in [0.5, 0.6) is 0 Å². The highest BCUT2D eigenvalue weighted by Crippen LogP contribution is 2.35. The van der Waals surface area contributed by atoms with Crippen molar-refractivity contribution in [1.29, 1.82) is 5.26 Å². The van der Waals surface area contributed by atoms with Crippen LogP contribution in [0.15, 0.2) is 65.1 Å². The summed E-state index contributed by atoms with van der Waals surface area (Å²) in [6, 6.07) is 21.8. The van der Waals surface area contributed by atoms with Crippen LogP contribution < -0.4 is 5.46 Å². The molecule has 0 aliphatic carbocycles. The Morgan fingerprint density at radius 2 is 1.70 bits per heavy atom. The van der Waals surface area contributed by atoms with E-state index in [1.165, 1.54) is 0 Å². The third-order valence-electron chi connectivity index (χ3n) is 5.96. The molecular formula is C25H24BNO3. The van der Waals surface area contributed by atoms with E-state index in [2.05, 4.69) is 18.2 Å². The van der Waals surface area contributed by atoms with Gasteiger partial charge in [0.1, 0.15) is 11.2 Å². The summed E-state index contributed by atoms with van der Waals surface area (Å²) in [5.74, 6) is 0. The van der Waals surface area contributed by atoms with E-state index in [9.17, 15) is 5.11 Å². The van der Waals surface area contributed by atoms with Crippen LogP contribution in [0.4, 0.5) is 0 Å². The lowest BCUT2D eigenvalue weighted by molar-refractivity contribution is -0.0893. The predicted molar refractivity (Wildman–Crippen MR) is 122 cm³/mol. The number of furan rings is 1. The standard InChI is InChI=1S/C25H24BNO3/c1-24(2,28)25(3,4)30-26-18-12-13-22-21(14-18)20-7-5-6-19(23(20)29-22)17-10-8-16(15-27)9-11-17/h5-14,26,28H,1-4H3. The SMILES string of the molecule is CC(C)(O)C(C)(C)OBc1ccc2oc3c(-c4ccc(C#N)cc4)cccc3c2c1. The summed E-state index contributed by atoms with van der Waals surface area (Å²) < 4.78 is 12.2. The Bertz CT molecular complexity index is 1260. The Balaban J connectivity index is 1.73. The Morgan fingerprint density at radius 1 is 0.967 bits per heavy atom. The molecule has 4 rings (SSSR count). The normalized spacial score (nSPS) is 12.3. The topological polar surface area (TPSA) is 66.4 Å². The van der Waals surface area contributed by atoms with Gasteiger partial charge in [0.25, 0.3) is 0 Å². The van der Waals surface area contributed by atoms with Crippen LogP contribution in [0, 0.1) is 11.3 Å². The minimum atomic E-state index is -0.949. The van der Waals surface area contributed by atoms with Gasteiger partial charge in [0.2, 0.25) is 0 Å². The molecule has 1 N–H and O–H groups in total. The number of aliphatic hydroxyl groups is 1. The van der Waals surface area contributed by atoms with E-state index in [1.807, 2.05) is 62.4 Å². The molecule has 0 saturated heterocycles. The summed E-state index contributed by atoms with van der Waals surface area (Å²) in [5, 5.41) is 21.4. The minimum Gasteiger partial charge on any atom is -0.455 e. The van der Waals surface area contributed by atoms with E-state index in [0.29, 0.717) is 13.0 Å². The molecule has 0 aliphatic heterocycles. The lowest BCUT2D eigenvalue weighted by Gasteiger charge is -2.37. The van der Waals surface area contributed by atoms with Gasteiger partial charge < -0.3 is 14.2 Å². The van der Waals surface area contributed by atoms with Gasteiger partial charge in [-0.05, 0) is 51.5 Å². The molecule has 30 heavy (non-hydrogen) atoms. The maximum atomic E-state index is 10.3. The van der Waals surface area contributed by atoms with Crippen molar-refractivity contribution in [2.45, 2.75) is 38.9 Å². The Labute approximate surface area is 177 Å². The van der Waals surface area contributed by atoms with Gasteiger partial charge >= 0.3 is 7.48 Å². The highest BCUT2D eigenvalue weighted by atomic mass is 16.5. The van der Waals surface area contributed by atoms with Crippen molar-refractivity contribution in [2.75, 3.05) is 0 Å². The molecular weight excluding hydrogens is 373 g/mol. The highest BCUT2D eigenvalue weighted by molar-refractivity contribution is 6.47. The zero-order valence-electron chi connectivity index (χ0n) is 17.7. The first-order chi connectivity index (χ1) is 14.2. The number of para-hydroxylation sites is 1. The number of hydrogen-bond donors (Lipinski definition) is 1. The number of benzene rings is 3. The van der Waals surface area contributed by atoms with Gasteiger partial charge in [0.15, 0.2) is 0 Å². The van der Waals surface area contributed by atoms with Crippen LogP contribution >= 0.6 is 0 Å². The van der Waals surface area contributed by atoms with Crippen molar-refractivity contribution in [1.82, 2.24) is 0 Å². The van der Waals surface area contributed by atoms with Crippen LogP contribution in [0.2, 0.25) is 0 Å². The van der Waals surface area contributed by atoms with E-state index >= 15 is 0 Å². The third kappa shape index (κ3) is 3.61. The molecule has 0 atom stereocenters. The lowest BCUT2D eigenvalue weighted by atomic mass is 9.82. The monoisotopic (exact) mass is 397 g/mol. The van der Waals surface area contributed by atoms with Crippen molar-refractivity contribution in [3.05, 3.63) is 66.2 Å². The molecule has 0 fully saturated rings. The second kappa shape index (κ2) is 7.32. The molecule has 3 aromatic carbocycles. The first kappa shape index (κ1) is 20.2. The summed E-state index contributed by atoms with van der Waals surface area (Å²) in [7, 11) is 0.398. The second-order valence-corrected chi connectivity index (χ2v) is 8.66. The number of hydrogen-bond acceptors (Lipinski definition) is 4. The molecule has 150 valence electrons. The Kier molecular flexibility index (Phi) is 4.93. The van der Waals surface area contributed by atoms with Gasteiger partial charge in [0, 0.05) is 16.3 Å². The van der Waals surface area contributed by atoms with Crippen LogP contribution in [-0.4, -0.2) is 23.8 Å². The van der Waals surface area contributed by atoms with Crippen molar-refractivity contribution in [3.63, 3.8) is 0 Å². The summed E-state index contributed by atoms with van der Waals surface area (Å²) in [4.78, 5) is 0. The Morgan fingerprint density at radius 3 is 2.37 bits per heavy atom. The zero-order valence-corrected chi connectivity index (χ0v) is 17.7. The van der Waals surface area contributed by atoms with E-state index in [4.69, 9.17) is 14.3 Å². The van der Waals surface area contributed by atoms with Crippen molar-refractivity contribution in [2.24, 2.45) is 0 Å². The number of nitrogens with zero attached hydrogens (tertiary/aromatic N) is 1. The first-order valence-corrected chi connectivity index (χ1v) is 10.0. The molecule has 4 aromatic rings. The number of rotatable bonds is 5. The molecule has 1 aromatic heterocycles. The van der Waals surface area contributed by atoms with Crippen molar-refractivity contribution < 1.29 is 14.2 Å². The van der Waals surface area contributed by atoms with Gasteiger partial charge in [0.05, 0.1) is 22.8 Å². The van der Waals surface area contributed by atoms with E-state index < -0.39 is 11.2 Å². The zero-order chi connectivity index (χ0) is 21.5. The fraction of sp³-hybridized carbons (Fsp3) is 0.240. The van der Waals surface area contributed by atoms with Gasteiger partial charge in [-0.3, -0.25) is 0 Å². The first-order valence-electron chi connectivity index (χ1n) is 10.0. The second-order valence-electron chi connectivity index (χ2n) is 8.66. The van der Waals surface area contributed by atoms with Crippen LogP contribution in [-0.2, 0) is 4.65 Å². The molecule has 4 nitrogen and oxygen atoms in total. The predicted octanol–water partition coefficient (Wildman–Crippen LogP) is 4.67. The molecule has 0 amide bonds. The Hall–Kier alpha value is -3.07. The fourth-order valence-corrected chi connectivity index (χ4v) is 3.33. The maximum Gasteiger partial charge on any atom is 0.309 e. The highest BCUT2D eigenvalue weighted by Gasteiger charge is 2.35. The average Bonchev–Trinajstić information content (AvgIpc) is 3.09. The van der Waals surface area contributed by atoms with Crippen LogP contribution in [0.3, 0.4) is 0 Å². The fourth-order valence-electron chi connectivity index (χ4n) is 3.33. The van der Waals surface area contributed by atoms with Crippen molar-refractivity contribution in [3.8, 4) is 17.2 Å². The van der Waals surface area contributed by atoms with Gasteiger partial charge in [-0.1, -0.05) is 47.9 Å². The summed E-state index contributed by atoms with van der Waals surface area (Å²) in [5.41, 5.74) is 3.67.